The van der Waals surface area contributed by atoms with Crippen LogP contribution in [0, 0.1) is 0 Å². The third kappa shape index (κ3) is 3.13. The van der Waals surface area contributed by atoms with Gasteiger partial charge in [-0.2, -0.15) is 0 Å². The molecule has 1 rings (SSSR count). The van der Waals surface area contributed by atoms with Gasteiger partial charge in [0.2, 0.25) is 0 Å². The zero-order chi connectivity index (χ0) is 13.8. The van der Waals surface area contributed by atoms with E-state index in [1.54, 1.807) is 0 Å². The Hall–Kier alpha value is -1.77. The number of ether oxygens (including phenoxy) is 2. The van der Waals surface area contributed by atoms with Gasteiger partial charge in [-0.25, -0.2) is 4.79 Å². The van der Waals surface area contributed by atoms with Crippen molar-refractivity contribution in [1.29, 1.82) is 0 Å². The van der Waals surface area contributed by atoms with E-state index >= 15 is 0 Å². The molecule has 98 valence electrons. The summed E-state index contributed by atoms with van der Waals surface area (Å²) >= 11 is 0. The lowest BCUT2D eigenvalue weighted by Gasteiger charge is -2.23. The maximum absolute atomic E-state index is 11.8. The Morgan fingerprint density at radius 1 is 1.17 bits per heavy atom. The second-order valence-electron chi connectivity index (χ2n) is 5.05. The first-order valence-electron chi connectivity index (χ1n) is 5.83. The first-order chi connectivity index (χ1) is 8.41. The molecule has 18 heavy (non-hydrogen) atoms. The highest BCUT2D eigenvalue weighted by atomic mass is 16.5. The standard InChI is InChI=1S/C15H20O3/c1-15(2,3)13-9-7-6-8-11(13)12(10-17-4)14(16)18-5/h6-10H,1-5H3/b12-10-. The van der Waals surface area contributed by atoms with Crippen LogP contribution < -0.4 is 0 Å². The van der Waals surface area contributed by atoms with Crippen molar-refractivity contribution in [3.05, 3.63) is 41.7 Å². The number of rotatable bonds is 3. The van der Waals surface area contributed by atoms with Crippen molar-refractivity contribution in [1.82, 2.24) is 0 Å². The van der Waals surface area contributed by atoms with E-state index in [0.717, 1.165) is 11.1 Å². The normalized spacial score (nSPS) is 12.2. The van der Waals surface area contributed by atoms with Crippen molar-refractivity contribution >= 4 is 11.5 Å². The second kappa shape index (κ2) is 5.71. The lowest BCUT2D eigenvalue weighted by atomic mass is 9.82. The number of hydrogen-bond donors (Lipinski definition) is 0. The van der Waals surface area contributed by atoms with Crippen molar-refractivity contribution < 1.29 is 14.3 Å². The molecular weight excluding hydrogens is 228 g/mol. The molecule has 3 heteroatoms. The van der Waals surface area contributed by atoms with Gasteiger partial charge in [0.05, 0.1) is 20.5 Å². The van der Waals surface area contributed by atoms with E-state index in [1.165, 1.54) is 20.5 Å². The molecule has 0 unspecified atom stereocenters. The number of hydrogen-bond acceptors (Lipinski definition) is 3. The zero-order valence-electron chi connectivity index (χ0n) is 11.6. The largest absolute Gasteiger partial charge is 0.503 e. The van der Waals surface area contributed by atoms with Crippen LogP contribution in [-0.2, 0) is 19.7 Å². The van der Waals surface area contributed by atoms with Crippen LogP contribution >= 0.6 is 0 Å². The molecule has 0 atom stereocenters. The monoisotopic (exact) mass is 248 g/mol. The Morgan fingerprint density at radius 2 is 1.78 bits per heavy atom. The first kappa shape index (κ1) is 14.3. The molecule has 0 N–H and O–H groups in total. The fraction of sp³-hybridized carbons (Fsp3) is 0.400. The topological polar surface area (TPSA) is 35.5 Å². The van der Waals surface area contributed by atoms with Crippen LogP contribution in [0.1, 0.15) is 31.9 Å². The van der Waals surface area contributed by atoms with E-state index < -0.39 is 5.97 Å². The van der Waals surface area contributed by atoms with Gasteiger partial charge in [-0.1, -0.05) is 45.0 Å². The molecule has 0 fully saturated rings. The van der Waals surface area contributed by atoms with E-state index in [9.17, 15) is 4.79 Å². The summed E-state index contributed by atoms with van der Waals surface area (Å²) in [6.45, 7) is 6.31. The highest BCUT2D eigenvalue weighted by molar-refractivity contribution is 6.16. The van der Waals surface area contributed by atoms with Crippen molar-refractivity contribution in [3.63, 3.8) is 0 Å². The molecule has 1 aromatic rings. The second-order valence-corrected chi connectivity index (χ2v) is 5.05. The molecule has 0 aliphatic carbocycles. The van der Waals surface area contributed by atoms with E-state index in [4.69, 9.17) is 9.47 Å². The van der Waals surface area contributed by atoms with Crippen LogP contribution in [0.4, 0.5) is 0 Å². The Morgan fingerprint density at radius 3 is 2.28 bits per heavy atom. The Labute approximate surface area is 108 Å². The number of esters is 1. The highest BCUT2D eigenvalue weighted by Crippen LogP contribution is 2.30. The molecule has 0 aliphatic rings. The summed E-state index contributed by atoms with van der Waals surface area (Å²) in [6, 6.07) is 7.78. The van der Waals surface area contributed by atoms with Gasteiger partial charge in [-0.05, 0) is 16.5 Å². The molecular formula is C15H20O3. The summed E-state index contributed by atoms with van der Waals surface area (Å²) in [5.41, 5.74) is 2.31. The third-order valence-corrected chi connectivity index (χ3v) is 2.67. The van der Waals surface area contributed by atoms with Crippen molar-refractivity contribution in [2.24, 2.45) is 0 Å². The zero-order valence-corrected chi connectivity index (χ0v) is 11.6. The quantitative estimate of drug-likeness (QED) is 0.468. The minimum absolute atomic E-state index is 0.0581. The average Bonchev–Trinajstić information content (AvgIpc) is 2.34. The van der Waals surface area contributed by atoms with E-state index in [-0.39, 0.29) is 5.41 Å². The van der Waals surface area contributed by atoms with E-state index in [2.05, 4.69) is 20.8 Å². The van der Waals surface area contributed by atoms with Gasteiger partial charge >= 0.3 is 5.97 Å². The molecule has 0 saturated carbocycles. The molecule has 3 nitrogen and oxygen atoms in total. The van der Waals surface area contributed by atoms with Crippen LogP contribution in [0.3, 0.4) is 0 Å². The van der Waals surface area contributed by atoms with E-state index in [0.29, 0.717) is 5.57 Å². The Bertz CT molecular complexity index is 453. The summed E-state index contributed by atoms with van der Waals surface area (Å²) in [5, 5.41) is 0. The highest BCUT2D eigenvalue weighted by Gasteiger charge is 2.23. The number of carbonyl (C=O) groups excluding carboxylic acids is 1. The number of carbonyl (C=O) groups is 1. The van der Waals surface area contributed by atoms with Gasteiger partial charge < -0.3 is 9.47 Å². The number of benzene rings is 1. The summed E-state index contributed by atoms with van der Waals surface area (Å²) in [6.07, 6.45) is 1.43. The molecule has 0 heterocycles. The van der Waals surface area contributed by atoms with Gasteiger partial charge in [0.15, 0.2) is 0 Å². The minimum Gasteiger partial charge on any atom is -0.503 e. The maximum Gasteiger partial charge on any atom is 0.341 e. The summed E-state index contributed by atoms with van der Waals surface area (Å²) in [7, 11) is 2.88. The van der Waals surface area contributed by atoms with Crippen LogP contribution in [0.15, 0.2) is 30.5 Å². The maximum atomic E-state index is 11.8. The van der Waals surface area contributed by atoms with Gasteiger partial charge in [-0.3, -0.25) is 0 Å². The number of methoxy groups -OCH3 is 2. The lowest BCUT2D eigenvalue weighted by Crippen LogP contribution is -2.16. The molecule has 0 saturated heterocycles. The van der Waals surface area contributed by atoms with Crippen LogP contribution in [0.25, 0.3) is 5.57 Å². The van der Waals surface area contributed by atoms with Crippen molar-refractivity contribution in [3.8, 4) is 0 Å². The molecule has 0 radical (unpaired) electrons. The Kier molecular flexibility index (Phi) is 4.54. The van der Waals surface area contributed by atoms with Gasteiger partial charge in [-0.15, -0.1) is 0 Å². The molecule has 0 spiro atoms. The Balaban J connectivity index is 3.39. The molecule has 0 aliphatic heterocycles. The molecule has 0 amide bonds. The summed E-state index contributed by atoms with van der Waals surface area (Å²) < 4.78 is 9.79. The molecule has 0 bridgehead atoms. The fourth-order valence-electron chi connectivity index (χ4n) is 1.82. The van der Waals surface area contributed by atoms with Crippen molar-refractivity contribution in [2.75, 3.05) is 14.2 Å². The van der Waals surface area contributed by atoms with Crippen molar-refractivity contribution in [2.45, 2.75) is 26.2 Å². The molecule has 0 aromatic heterocycles. The minimum atomic E-state index is -0.395. The van der Waals surface area contributed by atoms with Crippen LogP contribution in [0.2, 0.25) is 0 Å². The van der Waals surface area contributed by atoms with Gasteiger partial charge in [0.1, 0.15) is 5.57 Å². The predicted octanol–water partition coefficient (Wildman–Crippen LogP) is 3.14. The summed E-state index contributed by atoms with van der Waals surface area (Å²) in [4.78, 5) is 11.8. The third-order valence-electron chi connectivity index (χ3n) is 2.67. The predicted molar refractivity (Wildman–Crippen MR) is 72.1 cm³/mol. The van der Waals surface area contributed by atoms with Crippen LogP contribution in [0.5, 0.6) is 0 Å². The van der Waals surface area contributed by atoms with Gasteiger partial charge in [0, 0.05) is 0 Å². The smallest absolute Gasteiger partial charge is 0.341 e. The first-order valence-corrected chi connectivity index (χ1v) is 5.83. The lowest BCUT2D eigenvalue weighted by molar-refractivity contribution is -0.133. The molecule has 1 aromatic carbocycles. The average molecular weight is 248 g/mol. The van der Waals surface area contributed by atoms with Crippen LogP contribution in [-0.4, -0.2) is 20.2 Å². The fourth-order valence-corrected chi connectivity index (χ4v) is 1.82. The SMILES string of the molecule is CO/C=C(\C(=O)OC)c1ccccc1C(C)(C)C. The van der Waals surface area contributed by atoms with Gasteiger partial charge in [0.25, 0.3) is 0 Å². The van der Waals surface area contributed by atoms with E-state index in [1.807, 2.05) is 24.3 Å². The summed E-state index contributed by atoms with van der Waals surface area (Å²) in [5.74, 6) is -0.395.